The van der Waals surface area contributed by atoms with Crippen molar-refractivity contribution in [3.8, 4) is 0 Å². The van der Waals surface area contributed by atoms with E-state index in [0.717, 1.165) is 11.1 Å². The highest BCUT2D eigenvalue weighted by Gasteiger charge is 2.11. The van der Waals surface area contributed by atoms with Crippen molar-refractivity contribution in [1.29, 1.82) is 0 Å². The number of benzene rings is 1. The summed E-state index contributed by atoms with van der Waals surface area (Å²) in [6.45, 7) is 5.69. The maximum Gasteiger partial charge on any atom is 0.334 e. The van der Waals surface area contributed by atoms with Gasteiger partial charge in [-0.2, -0.15) is 0 Å². The topological polar surface area (TPSA) is 42.9 Å². The Morgan fingerprint density at radius 1 is 1.25 bits per heavy atom. The van der Waals surface area contributed by atoms with Gasteiger partial charge in [0.25, 0.3) is 0 Å². The molecule has 1 aromatic carbocycles. The summed E-state index contributed by atoms with van der Waals surface area (Å²) in [6.07, 6.45) is 3.63. The van der Waals surface area contributed by atoms with Gasteiger partial charge in [-0.1, -0.05) is 26.0 Å². The lowest BCUT2D eigenvalue weighted by Crippen LogP contribution is -2.72. The molecule has 0 aliphatic heterocycles. The van der Waals surface area contributed by atoms with Gasteiger partial charge in [0.1, 0.15) is 5.82 Å². The van der Waals surface area contributed by atoms with Gasteiger partial charge in [-0.15, -0.1) is 0 Å². The largest absolute Gasteiger partial charge is 0.466 e. The number of ether oxygens (including phenoxy) is 1. The lowest BCUT2D eigenvalue weighted by molar-refractivity contribution is -0.556. The average Bonchev–Trinajstić information content (AvgIpc) is 2.50. The van der Waals surface area contributed by atoms with Crippen LogP contribution in [-0.2, 0) is 9.53 Å². The molecule has 0 radical (unpaired) electrons. The van der Waals surface area contributed by atoms with Crippen LogP contribution in [0.4, 0.5) is 4.39 Å². The number of quaternary nitrogens is 1. The third-order valence-corrected chi connectivity index (χ3v) is 2.51. The summed E-state index contributed by atoms with van der Waals surface area (Å²) in [7, 11) is 3.22. The molecule has 0 aliphatic rings. The molecule has 0 saturated heterocycles. The minimum Gasteiger partial charge on any atom is -0.466 e. The van der Waals surface area contributed by atoms with Crippen molar-refractivity contribution in [2.24, 2.45) is 0 Å². The van der Waals surface area contributed by atoms with Gasteiger partial charge in [0.15, 0.2) is 0 Å². The third kappa shape index (κ3) is 5.36. The zero-order valence-electron chi connectivity index (χ0n) is 12.7. The lowest BCUT2D eigenvalue weighted by atomic mass is 10.0. The number of carbonyl (C=O) groups is 1. The van der Waals surface area contributed by atoms with Gasteiger partial charge < -0.3 is 10.1 Å². The second kappa shape index (κ2) is 9.92. The van der Waals surface area contributed by atoms with Crippen LogP contribution < -0.4 is 5.32 Å². The summed E-state index contributed by atoms with van der Waals surface area (Å²) in [5.74, 6) is -0.699. The molecule has 0 spiro atoms. The van der Waals surface area contributed by atoms with Crippen LogP contribution in [0.3, 0.4) is 0 Å². The van der Waals surface area contributed by atoms with Crippen molar-refractivity contribution < 1.29 is 19.2 Å². The van der Waals surface area contributed by atoms with Crippen LogP contribution in [0.2, 0.25) is 0 Å². The Kier molecular flexibility index (Phi) is 8.96. The van der Waals surface area contributed by atoms with Gasteiger partial charge in [-0.3, -0.25) is 0 Å². The van der Waals surface area contributed by atoms with Gasteiger partial charge in [-0.05, 0) is 36.3 Å². The molecule has 0 unspecified atom stereocenters. The summed E-state index contributed by atoms with van der Waals surface area (Å²) < 4.78 is 17.6. The fourth-order valence-corrected chi connectivity index (χ4v) is 1.52. The number of nitrogens with two attached hydrogens (primary N) is 1. The van der Waals surface area contributed by atoms with E-state index in [9.17, 15) is 9.18 Å². The Morgan fingerprint density at radius 3 is 2.25 bits per heavy atom. The quantitative estimate of drug-likeness (QED) is 0.523. The van der Waals surface area contributed by atoms with Crippen LogP contribution in [0.25, 0.3) is 5.57 Å². The Balaban J connectivity index is 0.00000172. The molecule has 110 valence electrons. The van der Waals surface area contributed by atoms with E-state index in [1.807, 2.05) is 32.4 Å². The Labute approximate surface area is 120 Å². The van der Waals surface area contributed by atoms with Crippen LogP contribution in [-0.4, -0.2) is 20.1 Å². The number of hydrogen-bond acceptors (Lipinski definition) is 2. The molecule has 1 aromatic rings. The van der Waals surface area contributed by atoms with E-state index in [4.69, 9.17) is 4.74 Å². The number of carbonyl (C=O) groups excluding carboxylic acids is 1. The fraction of sp³-hybridized carbons (Fsp3) is 0.312. The highest BCUT2D eigenvalue weighted by Crippen LogP contribution is 2.21. The van der Waals surface area contributed by atoms with E-state index >= 15 is 0 Å². The number of rotatable bonds is 4. The molecule has 0 aliphatic carbocycles. The summed E-state index contributed by atoms with van der Waals surface area (Å²) in [6, 6.07) is 6.00. The molecule has 0 saturated carbocycles. The molecule has 20 heavy (non-hydrogen) atoms. The van der Waals surface area contributed by atoms with Crippen LogP contribution in [0.1, 0.15) is 26.3 Å². The Bertz CT molecular complexity index is 476. The molecule has 0 atom stereocenters. The van der Waals surface area contributed by atoms with E-state index in [-0.39, 0.29) is 5.82 Å². The molecule has 3 nitrogen and oxygen atoms in total. The fourth-order valence-electron chi connectivity index (χ4n) is 1.52. The van der Waals surface area contributed by atoms with Crippen molar-refractivity contribution in [3.63, 3.8) is 0 Å². The Morgan fingerprint density at radius 2 is 1.80 bits per heavy atom. The molecular formula is C16H23FNO2+. The molecule has 0 heterocycles. The predicted molar refractivity (Wildman–Crippen MR) is 79.3 cm³/mol. The summed E-state index contributed by atoms with van der Waals surface area (Å²) >= 11 is 0. The van der Waals surface area contributed by atoms with E-state index in [1.54, 1.807) is 25.1 Å². The average molecular weight is 280 g/mol. The maximum absolute atomic E-state index is 12.9. The SMILES string of the molecule is CC.C[NH2+]/C=C\C(=C(/C)C(=O)OC)c1ccc(F)cc1. The van der Waals surface area contributed by atoms with E-state index in [0.29, 0.717) is 5.57 Å². The number of methoxy groups -OCH3 is 1. The van der Waals surface area contributed by atoms with Gasteiger partial charge in [0.05, 0.1) is 20.4 Å². The normalized spacial score (nSPS) is 11.5. The van der Waals surface area contributed by atoms with E-state index < -0.39 is 5.97 Å². The van der Waals surface area contributed by atoms with Crippen molar-refractivity contribution in [1.82, 2.24) is 0 Å². The zero-order chi connectivity index (χ0) is 15.5. The molecule has 0 bridgehead atoms. The molecule has 2 N–H and O–H groups in total. The first-order valence-corrected chi connectivity index (χ1v) is 6.61. The number of allylic oxidation sites excluding steroid dienone is 2. The predicted octanol–water partition coefficient (Wildman–Crippen LogP) is 2.51. The molecule has 0 amide bonds. The molecule has 0 aromatic heterocycles. The number of esters is 1. The highest BCUT2D eigenvalue weighted by atomic mass is 19.1. The highest BCUT2D eigenvalue weighted by molar-refractivity contribution is 5.99. The van der Waals surface area contributed by atoms with Crippen LogP contribution in [0.5, 0.6) is 0 Å². The minimum atomic E-state index is -0.393. The molecular weight excluding hydrogens is 257 g/mol. The monoisotopic (exact) mass is 280 g/mol. The van der Waals surface area contributed by atoms with E-state index in [1.165, 1.54) is 19.2 Å². The van der Waals surface area contributed by atoms with E-state index in [2.05, 4.69) is 0 Å². The van der Waals surface area contributed by atoms with Gasteiger partial charge in [-0.25, -0.2) is 9.18 Å². The standard InChI is InChI=1S/C14H16FNO2.C2H6/c1-10(14(17)18-3)13(8-9-16-2)11-4-6-12(15)7-5-11;1-2/h4-9,16H,1-3H3;1-2H3/p+1/b9-8-,13-10-;. The summed E-state index contributed by atoms with van der Waals surface area (Å²) in [5, 5.41) is 1.86. The van der Waals surface area contributed by atoms with Crippen LogP contribution >= 0.6 is 0 Å². The zero-order valence-corrected chi connectivity index (χ0v) is 12.7. The van der Waals surface area contributed by atoms with Crippen molar-refractivity contribution in [2.75, 3.05) is 14.2 Å². The van der Waals surface area contributed by atoms with Crippen molar-refractivity contribution in [2.45, 2.75) is 20.8 Å². The first-order valence-electron chi connectivity index (χ1n) is 6.61. The molecule has 1 rings (SSSR count). The van der Waals surface area contributed by atoms with Crippen LogP contribution in [0.15, 0.2) is 42.1 Å². The molecule has 0 fully saturated rings. The second-order valence-corrected chi connectivity index (χ2v) is 3.73. The summed E-state index contributed by atoms with van der Waals surface area (Å²) in [5.41, 5.74) is 1.99. The summed E-state index contributed by atoms with van der Waals surface area (Å²) in [4.78, 5) is 11.6. The first-order chi connectivity index (χ1) is 9.60. The Hall–Kier alpha value is -1.94. The number of halogens is 1. The minimum absolute atomic E-state index is 0.306. The first kappa shape index (κ1) is 18.1. The van der Waals surface area contributed by atoms with Crippen molar-refractivity contribution >= 4 is 11.5 Å². The lowest BCUT2D eigenvalue weighted by Gasteiger charge is -2.07. The van der Waals surface area contributed by atoms with Crippen molar-refractivity contribution in [3.05, 3.63) is 53.5 Å². The van der Waals surface area contributed by atoms with Crippen LogP contribution in [0, 0.1) is 5.82 Å². The van der Waals surface area contributed by atoms with Gasteiger partial charge in [0, 0.05) is 5.57 Å². The number of hydrogen-bond donors (Lipinski definition) is 1. The smallest absolute Gasteiger partial charge is 0.334 e. The maximum atomic E-state index is 12.9. The van der Waals surface area contributed by atoms with Gasteiger partial charge in [0.2, 0.25) is 0 Å². The second-order valence-electron chi connectivity index (χ2n) is 3.73. The molecule has 4 heteroatoms. The van der Waals surface area contributed by atoms with Gasteiger partial charge >= 0.3 is 5.97 Å². The third-order valence-electron chi connectivity index (χ3n) is 2.51.